The van der Waals surface area contributed by atoms with Crippen molar-refractivity contribution in [1.29, 1.82) is 0 Å². The molecule has 1 heterocycles. The van der Waals surface area contributed by atoms with Gasteiger partial charge in [0.25, 0.3) is 5.91 Å². The maximum Gasteiger partial charge on any atom is 0.274 e. The number of carbonyl (C=O) groups is 2. The van der Waals surface area contributed by atoms with E-state index in [1.807, 2.05) is 0 Å². The van der Waals surface area contributed by atoms with Crippen molar-refractivity contribution in [3.63, 3.8) is 0 Å². The van der Waals surface area contributed by atoms with Crippen LogP contribution in [0.5, 0.6) is 0 Å². The van der Waals surface area contributed by atoms with Gasteiger partial charge in [-0.3, -0.25) is 14.3 Å². The lowest BCUT2D eigenvalue weighted by Crippen LogP contribution is -2.43. The summed E-state index contributed by atoms with van der Waals surface area (Å²) in [6, 6.07) is -0.618. The molecule has 4 N–H and O–H groups in total. The molecular formula is C9H16N6O2. The van der Waals surface area contributed by atoms with Crippen LogP contribution in [-0.4, -0.2) is 46.4 Å². The van der Waals surface area contributed by atoms with E-state index in [4.69, 9.17) is 5.73 Å². The lowest BCUT2D eigenvalue weighted by Gasteiger charge is -2.10. The van der Waals surface area contributed by atoms with Crippen LogP contribution in [0.25, 0.3) is 0 Å². The van der Waals surface area contributed by atoms with E-state index in [1.54, 1.807) is 6.92 Å². The molecule has 0 fully saturated rings. The van der Waals surface area contributed by atoms with Crippen LogP contribution >= 0.6 is 0 Å². The molecule has 1 rings (SSSR count). The number of nitrogens with zero attached hydrogens (tertiary/aromatic N) is 3. The average Bonchev–Trinajstić information content (AvgIpc) is 2.77. The van der Waals surface area contributed by atoms with Gasteiger partial charge < -0.3 is 16.4 Å². The van der Waals surface area contributed by atoms with Gasteiger partial charge >= 0.3 is 0 Å². The minimum absolute atomic E-state index is 0.161. The van der Waals surface area contributed by atoms with Crippen molar-refractivity contribution < 1.29 is 9.59 Å². The summed E-state index contributed by atoms with van der Waals surface area (Å²) in [5, 5.41) is 12.4. The molecule has 0 aromatic carbocycles. The summed E-state index contributed by atoms with van der Waals surface area (Å²) in [6.45, 7) is 2.49. The monoisotopic (exact) mass is 240 g/mol. The number of hydrogen-bond donors (Lipinski definition) is 3. The Labute approximate surface area is 98.5 Å². The maximum atomic E-state index is 11.7. The number of carbonyl (C=O) groups excluding carboxylic acids is 2. The summed E-state index contributed by atoms with van der Waals surface area (Å²) in [5.41, 5.74) is 5.50. The Morgan fingerprint density at radius 2 is 2.29 bits per heavy atom. The predicted octanol–water partition coefficient (Wildman–Crippen LogP) is -1.90. The van der Waals surface area contributed by atoms with Crippen LogP contribution in [0.2, 0.25) is 0 Å². The van der Waals surface area contributed by atoms with Gasteiger partial charge in [-0.2, -0.15) is 0 Å². The van der Waals surface area contributed by atoms with E-state index < -0.39 is 11.9 Å². The minimum atomic E-state index is -0.618. The van der Waals surface area contributed by atoms with Crippen molar-refractivity contribution in [2.45, 2.75) is 19.5 Å². The van der Waals surface area contributed by atoms with E-state index in [1.165, 1.54) is 17.9 Å². The molecule has 1 aromatic rings. The number of aromatic nitrogens is 3. The molecule has 1 atom stereocenters. The summed E-state index contributed by atoms with van der Waals surface area (Å²) in [7, 11) is 1.50. The molecule has 0 aliphatic carbocycles. The molecule has 1 aromatic heterocycles. The number of amides is 2. The second-order valence-corrected chi connectivity index (χ2v) is 3.46. The van der Waals surface area contributed by atoms with E-state index in [9.17, 15) is 9.59 Å². The van der Waals surface area contributed by atoms with Crippen LogP contribution in [-0.2, 0) is 11.3 Å². The van der Waals surface area contributed by atoms with E-state index >= 15 is 0 Å². The van der Waals surface area contributed by atoms with Gasteiger partial charge in [-0.15, -0.1) is 5.10 Å². The first-order chi connectivity index (χ1) is 8.08. The summed E-state index contributed by atoms with van der Waals surface area (Å²) in [5.74, 6) is -0.711. The van der Waals surface area contributed by atoms with Crippen molar-refractivity contribution in [3.8, 4) is 0 Å². The lowest BCUT2D eigenvalue weighted by molar-refractivity contribution is -0.122. The molecular weight excluding hydrogens is 224 g/mol. The fourth-order valence-corrected chi connectivity index (χ4v) is 1.20. The van der Waals surface area contributed by atoms with Crippen LogP contribution in [0.4, 0.5) is 0 Å². The van der Waals surface area contributed by atoms with Crippen molar-refractivity contribution >= 4 is 11.8 Å². The van der Waals surface area contributed by atoms with Crippen LogP contribution in [0.3, 0.4) is 0 Å². The highest BCUT2D eigenvalue weighted by atomic mass is 16.2. The summed E-state index contributed by atoms with van der Waals surface area (Å²) in [4.78, 5) is 22.9. The zero-order valence-corrected chi connectivity index (χ0v) is 9.80. The molecule has 94 valence electrons. The van der Waals surface area contributed by atoms with Gasteiger partial charge in [-0.05, 0) is 6.92 Å². The molecule has 1 unspecified atom stereocenters. The number of nitrogens with two attached hydrogens (primary N) is 1. The molecule has 2 amide bonds. The Balaban J connectivity index is 2.60. The third-order valence-electron chi connectivity index (χ3n) is 2.12. The summed E-state index contributed by atoms with van der Waals surface area (Å²) in [6.07, 6.45) is 1.48. The highest BCUT2D eigenvalue weighted by Crippen LogP contribution is 1.94. The maximum absolute atomic E-state index is 11.7. The summed E-state index contributed by atoms with van der Waals surface area (Å²) >= 11 is 0. The zero-order valence-electron chi connectivity index (χ0n) is 9.80. The van der Waals surface area contributed by atoms with Gasteiger partial charge in [0.1, 0.15) is 6.04 Å². The standard InChI is InChI=1S/C9H16N6O2/c1-6(8(16)11-2)12-9(17)7-5-15(4-3-10)14-13-7/h5-6H,3-4,10H2,1-2H3,(H,11,16)(H,12,17). The third kappa shape index (κ3) is 3.52. The second-order valence-electron chi connectivity index (χ2n) is 3.46. The lowest BCUT2D eigenvalue weighted by atomic mass is 10.3. The minimum Gasteiger partial charge on any atom is -0.357 e. The van der Waals surface area contributed by atoms with Crippen molar-refractivity contribution in [1.82, 2.24) is 25.6 Å². The zero-order chi connectivity index (χ0) is 12.8. The Hall–Kier alpha value is -1.96. The predicted molar refractivity (Wildman–Crippen MR) is 60.1 cm³/mol. The first-order valence-corrected chi connectivity index (χ1v) is 5.21. The van der Waals surface area contributed by atoms with Gasteiger partial charge in [-0.1, -0.05) is 5.21 Å². The fourth-order valence-electron chi connectivity index (χ4n) is 1.20. The number of nitrogens with one attached hydrogen (secondary N) is 2. The SMILES string of the molecule is CNC(=O)C(C)NC(=O)c1cn(CCN)nn1. The molecule has 0 aliphatic heterocycles. The Morgan fingerprint density at radius 3 is 2.88 bits per heavy atom. The van der Waals surface area contributed by atoms with Crippen molar-refractivity contribution in [2.24, 2.45) is 5.73 Å². The molecule has 8 nitrogen and oxygen atoms in total. The third-order valence-corrected chi connectivity index (χ3v) is 2.12. The molecule has 0 bridgehead atoms. The van der Waals surface area contributed by atoms with Crippen LogP contribution in [0, 0.1) is 0 Å². The van der Waals surface area contributed by atoms with E-state index in [2.05, 4.69) is 20.9 Å². The van der Waals surface area contributed by atoms with Crippen LogP contribution in [0.1, 0.15) is 17.4 Å². The number of hydrogen-bond acceptors (Lipinski definition) is 5. The van der Waals surface area contributed by atoms with Gasteiger partial charge in [-0.25, -0.2) is 0 Å². The average molecular weight is 240 g/mol. The van der Waals surface area contributed by atoms with Crippen LogP contribution < -0.4 is 16.4 Å². The van der Waals surface area contributed by atoms with Gasteiger partial charge in [0.15, 0.2) is 5.69 Å². The molecule has 0 saturated carbocycles. The highest BCUT2D eigenvalue weighted by molar-refractivity contribution is 5.95. The largest absolute Gasteiger partial charge is 0.357 e. The van der Waals surface area contributed by atoms with Gasteiger partial charge in [0, 0.05) is 13.6 Å². The molecule has 0 saturated heterocycles. The first-order valence-electron chi connectivity index (χ1n) is 5.21. The number of likely N-dealkylation sites (N-methyl/N-ethyl adjacent to an activating group) is 1. The van der Waals surface area contributed by atoms with E-state index in [0.717, 1.165) is 0 Å². The Bertz CT molecular complexity index is 402. The van der Waals surface area contributed by atoms with Crippen molar-refractivity contribution in [2.75, 3.05) is 13.6 Å². The smallest absolute Gasteiger partial charge is 0.274 e. The topological polar surface area (TPSA) is 115 Å². The van der Waals surface area contributed by atoms with E-state index in [0.29, 0.717) is 13.1 Å². The molecule has 0 spiro atoms. The van der Waals surface area contributed by atoms with Crippen molar-refractivity contribution in [3.05, 3.63) is 11.9 Å². The van der Waals surface area contributed by atoms with Gasteiger partial charge in [0.2, 0.25) is 5.91 Å². The first kappa shape index (κ1) is 13.1. The Kier molecular flexibility index (Phi) is 4.58. The Morgan fingerprint density at radius 1 is 1.59 bits per heavy atom. The van der Waals surface area contributed by atoms with E-state index in [-0.39, 0.29) is 11.6 Å². The fraction of sp³-hybridized carbons (Fsp3) is 0.556. The normalized spacial score (nSPS) is 11.9. The second kappa shape index (κ2) is 5.94. The van der Waals surface area contributed by atoms with Crippen LogP contribution in [0.15, 0.2) is 6.20 Å². The number of rotatable bonds is 5. The highest BCUT2D eigenvalue weighted by Gasteiger charge is 2.17. The summed E-state index contributed by atoms with van der Waals surface area (Å²) < 4.78 is 1.47. The molecule has 8 heteroatoms. The quantitative estimate of drug-likeness (QED) is 0.556. The molecule has 0 radical (unpaired) electrons. The molecule has 17 heavy (non-hydrogen) atoms. The molecule has 0 aliphatic rings. The van der Waals surface area contributed by atoms with Gasteiger partial charge in [0.05, 0.1) is 12.7 Å².